The van der Waals surface area contributed by atoms with Crippen LogP contribution in [-0.4, -0.2) is 22.4 Å². The molecule has 0 aliphatic heterocycles. The van der Waals surface area contributed by atoms with Gasteiger partial charge < -0.3 is 10.2 Å². The van der Waals surface area contributed by atoms with Crippen LogP contribution in [0.4, 0.5) is 16.5 Å². The van der Waals surface area contributed by atoms with Gasteiger partial charge in [-0.25, -0.2) is 0 Å². The van der Waals surface area contributed by atoms with E-state index in [1.807, 2.05) is 0 Å². The monoisotopic (exact) mass is 354 g/mol. The van der Waals surface area contributed by atoms with Crippen molar-refractivity contribution in [2.75, 3.05) is 23.3 Å². The Bertz CT molecular complexity index is 593. The van der Waals surface area contributed by atoms with Gasteiger partial charge in [-0.1, -0.05) is 0 Å². The molecule has 0 bridgehead atoms. The molecule has 0 fully saturated rings. The summed E-state index contributed by atoms with van der Waals surface area (Å²) in [6.07, 6.45) is 0. The van der Waals surface area contributed by atoms with E-state index in [0.29, 0.717) is 4.73 Å². The molecule has 4 nitrogen and oxygen atoms in total. The Hall–Kier alpha value is -1.14. The fraction of sp³-hybridized carbons (Fsp3) is 0.429. The average Bonchev–Trinajstić information content (AvgIpc) is 2.82. The molecular formula is C14H19BrN4S. The summed E-state index contributed by atoms with van der Waals surface area (Å²) in [6, 6.07) is 4.42. The molecule has 0 amide bonds. The molecule has 0 unspecified atom stereocenters. The number of halogens is 1. The third-order valence-electron chi connectivity index (χ3n) is 3.29. The van der Waals surface area contributed by atoms with Crippen LogP contribution in [0.1, 0.15) is 25.0 Å². The number of anilines is 3. The highest BCUT2D eigenvalue weighted by molar-refractivity contribution is 9.10. The topological polar surface area (TPSA) is 41.0 Å². The Kier molecular flexibility index (Phi) is 4.99. The minimum absolute atomic E-state index is 0.624. The van der Waals surface area contributed by atoms with Crippen LogP contribution in [0.15, 0.2) is 16.9 Å². The number of hydrogen-bond acceptors (Lipinski definition) is 5. The van der Waals surface area contributed by atoms with Crippen molar-refractivity contribution in [2.45, 2.75) is 27.7 Å². The molecule has 0 radical (unpaired) electrons. The number of benzene rings is 1. The van der Waals surface area contributed by atoms with E-state index in [2.05, 4.69) is 75.3 Å². The minimum atomic E-state index is 0.624. The van der Waals surface area contributed by atoms with Gasteiger partial charge in [-0.3, -0.25) is 0 Å². The van der Waals surface area contributed by atoms with Gasteiger partial charge in [0.1, 0.15) is 0 Å². The number of rotatable bonds is 5. The number of nitrogens with one attached hydrogen (secondary N) is 1. The van der Waals surface area contributed by atoms with Crippen molar-refractivity contribution in [1.82, 2.24) is 9.36 Å². The third-order valence-corrected chi connectivity index (χ3v) is 4.51. The van der Waals surface area contributed by atoms with Crippen LogP contribution < -0.4 is 10.2 Å². The molecule has 0 spiro atoms. The van der Waals surface area contributed by atoms with Gasteiger partial charge in [0.05, 0.1) is 0 Å². The highest BCUT2D eigenvalue weighted by Gasteiger charge is 2.10. The van der Waals surface area contributed by atoms with Gasteiger partial charge in [0, 0.05) is 36.0 Å². The minimum Gasteiger partial charge on any atom is -0.372 e. The standard InChI is InChI=1S/C14H19BrN4S/c1-5-19(6-2)12-8-9(3)11(7-10(12)4)16-14-17-13(15)18-20-14/h7-8H,5-6H2,1-4H3,(H,16,17,18). The lowest BCUT2D eigenvalue weighted by atomic mass is 10.1. The molecule has 2 rings (SSSR count). The van der Waals surface area contributed by atoms with Crippen LogP contribution in [0.25, 0.3) is 0 Å². The molecule has 108 valence electrons. The summed E-state index contributed by atoms with van der Waals surface area (Å²) < 4.78 is 4.74. The maximum atomic E-state index is 4.27. The molecular weight excluding hydrogens is 336 g/mol. The molecule has 0 saturated carbocycles. The van der Waals surface area contributed by atoms with Gasteiger partial charge >= 0.3 is 0 Å². The van der Waals surface area contributed by atoms with Crippen LogP contribution in [0, 0.1) is 13.8 Å². The molecule has 0 aliphatic carbocycles. The molecule has 1 N–H and O–H groups in total. The molecule has 1 heterocycles. The lowest BCUT2D eigenvalue weighted by molar-refractivity contribution is 0.861. The Morgan fingerprint density at radius 1 is 1.20 bits per heavy atom. The lowest BCUT2D eigenvalue weighted by Gasteiger charge is -2.24. The first-order chi connectivity index (χ1) is 9.55. The number of nitrogens with zero attached hydrogens (tertiary/aromatic N) is 3. The zero-order valence-corrected chi connectivity index (χ0v) is 14.6. The van der Waals surface area contributed by atoms with Gasteiger partial charge in [0.25, 0.3) is 0 Å². The molecule has 1 aromatic carbocycles. The third kappa shape index (κ3) is 3.30. The van der Waals surface area contributed by atoms with Gasteiger partial charge in [-0.15, -0.1) is 0 Å². The summed E-state index contributed by atoms with van der Waals surface area (Å²) in [5.41, 5.74) is 4.87. The zero-order chi connectivity index (χ0) is 14.7. The maximum Gasteiger partial charge on any atom is 0.210 e. The van der Waals surface area contributed by atoms with Gasteiger partial charge in [0.15, 0.2) is 0 Å². The molecule has 0 saturated heterocycles. The van der Waals surface area contributed by atoms with Crippen LogP contribution in [-0.2, 0) is 0 Å². The highest BCUT2D eigenvalue weighted by atomic mass is 79.9. The van der Waals surface area contributed by atoms with Crippen molar-refractivity contribution >= 4 is 44.0 Å². The predicted octanol–water partition coefficient (Wildman–Crippen LogP) is 4.51. The summed E-state index contributed by atoms with van der Waals surface area (Å²) in [4.78, 5) is 6.64. The Labute approximate surface area is 132 Å². The van der Waals surface area contributed by atoms with Crippen molar-refractivity contribution in [3.05, 3.63) is 28.0 Å². The van der Waals surface area contributed by atoms with Crippen molar-refractivity contribution in [2.24, 2.45) is 0 Å². The second kappa shape index (κ2) is 6.54. The fourth-order valence-corrected chi connectivity index (χ4v) is 3.21. The predicted molar refractivity (Wildman–Crippen MR) is 90.4 cm³/mol. The molecule has 6 heteroatoms. The van der Waals surface area contributed by atoms with Crippen LogP contribution in [0.3, 0.4) is 0 Å². The first kappa shape index (κ1) is 15.3. The largest absolute Gasteiger partial charge is 0.372 e. The van der Waals surface area contributed by atoms with Crippen LogP contribution in [0.5, 0.6) is 0 Å². The molecule has 0 aliphatic rings. The van der Waals surface area contributed by atoms with Crippen molar-refractivity contribution in [3.8, 4) is 0 Å². The van der Waals surface area contributed by atoms with Crippen LogP contribution >= 0.6 is 27.5 Å². The van der Waals surface area contributed by atoms with E-state index in [4.69, 9.17) is 0 Å². The highest BCUT2D eigenvalue weighted by Crippen LogP contribution is 2.30. The van der Waals surface area contributed by atoms with Crippen LogP contribution in [0.2, 0.25) is 0 Å². The van der Waals surface area contributed by atoms with Gasteiger partial charge in [-0.2, -0.15) is 9.36 Å². The van der Waals surface area contributed by atoms with Gasteiger partial charge in [-0.05, 0) is 66.9 Å². The van der Waals surface area contributed by atoms with E-state index in [0.717, 1.165) is 23.9 Å². The average molecular weight is 355 g/mol. The first-order valence-corrected chi connectivity index (χ1v) is 8.24. The van der Waals surface area contributed by atoms with E-state index < -0.39 is 0 Å². The summed E-state index contributed by atoms with van der Waals surface area (Å²) >= 11 is 4.62. The van der Waals surface area contributed by atoms with Gasteiger partial charge in [0.2, 0.25) is 9.87 Å². The van der Waals surface area contributed by atoms with Crippen molar-refractivity contribution in [3.63, 3.8) is 0 Å². The summed E-state index contributed by atoms with van der Waals surface area (Å²) in [5, 5.41) is 4.13. The van der Waals surface area contributed by atoms with E-state index in [1.54, 1.807) is 0 Å². The maximum absolute atomic E-state index is 4.27. The summed E-state index contributed by atoms with van der Waals surface area (Å²) in [7, 11) is 0. The molecule has 2 aromatic rings. The second-order valence-corrected chi connectivity index (χ2v) is 6.08. The second-order valence-electron chi connectivity index (χ2n) is 4.62. The van der Waals surface area contributed by atoms with Crippen molar-refractivity contribution < 1.29 is 0 Å². The Morgan fingerprint density at radius 2 is 1.90 bits per heavy atom. The fourth-order valence-electron chi connectivity index (χ4n) is 2.21. The van der Waals surface area contributed by atoms with E-state index in [-0.39, 0.29) is 0 Å². The number of hydrogen-bond donors (Lipinski definition) is 1. The molecule has 20 heavy (non-hydrogen) atoms. The first-order valence-electron chi connectivity index (χ1n) is 6.67. The Morgan fingerprint density at radius 3 is 2.45 bits per heavy atom. The quantitative estimate of drug-likeness (QED) is 0.857. The van der Waals surface area contributed by atoms with E-state index in [9.17, 15) is 0 Å². The van der Waals surface area contributed by atoms with E-state index in [1.165, 1.54) is 28.3 Å². The number of aromatic nitrogens is 2. The summed E-state index contributed by atoms with van der Waals surface area (Å²) in [6.45, 7) is 10.7. The molecule has 1 aromatic heterocycles. The van der Waals surface area contributed by atoms with E-state index >= 15 is 0 Å². The number of aryl methyl sites for hydroxylation is 2. The lowest BCUT2D eigenvalue weighted by Crippen LogP contribution is -2.22. The molecule has 0 atom stereocenters. The zero-order valence-electron chi connectivity index (χ0n) is 12.2. The van der Waals surface area contributed by atoms with Crippen molar-refractivity contribution in [1.29, 1.82) is 0 Å². The normalized spacial score (nSPS) is 10.7. The summed E-state index contributed by atoms with van der Waals surface area (Å²) in [5.74, 6) is 0. The SMILES string of the molecule is CCN(CC)c1cc(C)c(Nc2nc(Br)ns2)cc1C. The Balaban J connectivity index is 2.30. The smallest absolute Gasteiger partial charge is 0.210 e.